The number of hydrogen-bond acceptors (Lipinski definition) is 3. The predicted molar refractivity (Wildman–Crippen MR) is 117 cm³/mol. The van der Waals surface area contributed by atoms with Crippen LogP contribution in [0, 0.1) is 0 Å². The monoisotopic (exact) mass is 481 g/mol. The third kappa shape index (κ3) is 3.96. The molecule has 176 valence electrons. The van der Waals surface area contributed by atoms with E-state index < -0.39 is 42.4 Å². The van der Waals surface area contributed by atoms with E-state index in [4.69, 9.17) is 17.3 Å². The number of allylic oxidation sites excluding steroid dienone is 1. The molecule has 0 bridgehead atoms. The quantitative estimate of drug-likeness (QED) is 0.634. The second-order valence-electron chi connectivity index (χ2n) is 8.68. The Morgan fingerprint density at radius 3 is 2.58 bits per heavy atom. The summed E-state index contributed by atoms with van der Waals surface area (Å²) < 4.78 is 43.8. The SMILES string of the molecule is C=C(C)C1(F)CC(NC(=O)N2CCn3nc(-c4cccc(Cl)c4)c(C(N)=O)c3C2)(C(F)F)C1. The van der Waals surface area contributed by atoms with Gasteiger partial charge < -0.3 is 16.0 Å². The molecule has 0 spiro atoms. The summed E-state index contributed by atoms with van der Waals surface area (Å²) in [7, 11) is 0. The number of alkyl halides is 3. The zero-order valence-electron chi connectivity index (χ0n) is 17.9. The third-order valence-electron chi connectivity index (χ3n) is 6.34. The minimum Gasteiger partial charge on any atom is -0.365 e. The van der Waals surface area contributed by atoms with E-state index in [1.54, 1.807) is 28.9 Å². The van der Waals surface area contributed by atoms with Crippen LogP contribution in [0.25, 0.3) is 11.3 Å². The molecule has 7 nitrogen and oxygen atoms in total. The number of halogens is 4. The van der Waals surface area contributed by atoms with Gasteiger partial charge in [0, 0.05) is 30.0 Å². The zero-order chi connectivity index (χ0) is 24.1. The molecule has 2 aliphatic rings. The lowest BCUT2D eigenvalue weighted by Crippen LogP contribution is -2.69. The van der Waals surface area contributed by atoms with Crippen LogP contribution in [-0.2, 0) is 13.1 Å². The van der Waals surface area contributed by atoms with Crippen LogP contribution in [0.4, 0.5) is 18.0 Å². The maximum atomic E-state index is 14.6. The summed E-state index contributed by atoms with van der Waals surface area (Å²) in [6, 6.07) is 5.98. The Balaban J connectivity index is 1.58. The third-order valence-corrected chi connectivity index (χ3v) is 6.58. The first kappa shape index (κ1) is 23.2. The Hall–Kier alpha value is -3.01. The predicted octanol–water partition coefficient (Wildman–Crippen LogP) is 3.91. The first-order chi connectivity index (χ1) is 15.5. The highest BCUT2D eigenvalue weighted by molar-refractivity contribution is 6.30. The van der Waals surface area contributed by atoms with Crippen LogP contribution in [-0.4, -0.2) is 50.8 Å². The molecule has 11 heteroatoms. The van der Waals surface area contributed by atoms with Gasteiger partial charge in [-0.2, -0.15) is 5.10 Å². The van der Waals surface area contributed by atoms with E-state index in [1.165, 1.54) is 11.8 Å². The fourth-order valence-corrected chi connectivity index (χ4v) is 4.62. The van der Waals surface area contributed by atoms with Crippen molar-refractivity contribution >= 4 is 23.5 Å². The molecule has 3 N–H and O–H groups in total. The molecule has 0 radical (unpaired) electrons. The van der Waals surface area contributed by atoms with Crippen molar-refractivity contribution in [1.29, 1.82) is 0 Å². The minimum absolute atomic E-state index is 0.0712. The summed E-state index contributed by atoms with van der Waals surface area (Å²) in [6.07, 6.45) is -4.04. The van der Waals surface area contributed by atoms with Crippen LogP contribution in [0.3, 0.4) is 0 Å². The van der Waals surface area contributed by atoms with E-state index in [0.29, 0.717) is 22.0 Å². The smallest absolute Gasteiger partial charge is 0.318 e. The Kier molecular flexibility index (Phi) is 5.68. The van der Waals surface area contributed by atoms with Gasteiger partial charge >= 0.3 is 6.03 Å². The van der Waals surface area contributed by atoms with Gasteiger partial charge in [0.15, 0.2) is 0 Å². The second-order valence-corrected chi connectivity index (χ2v) is 9.11. The Bertz CT molecular complexity index is 1140. The average Bonchev–Trinajstić information content (AvgIpc) is 3.11. The van der Waals surface area contributed by atoms with Gasteiger partial charge in [0.1, 0.15) is 16.9 Å². The molecule has 1 aliphatic carbocycles. The van der Waals surface area contributed by atoms with Crippen molar-refractivity contribution in [3.8, 4) is 11.3 Å². The molecular formula is C22H23ClF3N5O2. The molecule has 1 aliphatic heterocycles. The molecule has 3 amide bonds. The number of carbonyl (C=O) groups excluding carboxylic acids is 2. The molecule has 1 aromatic heterocycles. The van der Waals surface area contributed by atoms with Gasteiger partial charge in [-0.05, 0) is 24.6 Å². The van der Waals surface area contributed by atoms with Gasteiger partial charge in [0.2, 0.25) is 0 Å². The standard InChI is InChI=1S/C22H23ClF3N5O2/c1-12(2)21(26)10-22(11-21,19(24)25)28-20(33)30-6-7-31-15(9-30)16(18(27)32)17(29-31)13-4-3-5-14(23)8-13/h3-5,8,19H,1,6-7,9-11H2,2H3,(H2,27,32)(H,28,33). The molecule has 1 aromatic carbocycles. The van der Waals surface area contributed by atoms with E-state index in [9.17, 15) is 22.8 Å². The Labute approximate surface area is 193 Å². The fourth-order valence-electron chi connectivity index (χ4n) is 4.43. The lowest BCUT2D eigenvalue weighted by molar-refractivity contribution is -0.0892. The van der Waals surface area contributed by atoms with Crippen molar-refractivity contribution in [2.24, 2.45) is 5.73 Å². The molecule has 33 heavy (non-hydrogen) atoms. The lowest BCUT2D eigenvalue weighted by Gasteiger charge is -2.52. The van der Waals surface area contributed by atoms with Gasteiger partial charge in [-0.15, -0.1) is 0 Å². The summed E-state index contributed by atoms with van der Waals surface area (Å²) in [6.45, 7) is 5.27. The van der Waals surface area contributed by atoms with Gasteiger partial charge in [0.25, 0.3) is 12.3 Å². The number of nitrogens with two attached hydrogens (primary N) is 1. The Morgan fingerprint density at radius 2 is 2.00 bits per heavy atom. The van der Waals surface area contributed by atoms with Crippen LogP contribution in [0.1, 0.15) is 35.8 Å². The van der Waals surface area contributed by atoms with Gasteiger partial charge in [-0.25, -0.2) is 18.0 Å². The number of amides is 3. The van der Waals surface area contributed by atoms with Crippen molar-refractivity contribution in [1.82, 2.24) is 20.0 Å². The van der Waals surface area contributed by atoms with Crippen LogP contribution in [0.2, 0.25) is 5.02 Å². The minimum atomic E-state index is -2.95. The normalized spacial score (nSPS) is 24.2. The highest BCUT2D eigenvalue weighted by atomic mass is 35.5. The number of nitrogens with one attached hydrogen (secondary N) is 1. The van der Waals surface area contributed by atoms with E-state index in [1.807, 2.05) is 0 Å². The molecule has 1 saturated carbocycles. The molecule has 0 atom stereocenters. The van der Waals surface area contributed by atoms with Crippen LogP contribution in [0.15, 0.2) is 36.4 Å². The number of aromatic nitrogens is 2. The number of hydrogen-bond donors (Lipinski definition) is 2. The largest absolute Gasteiger partial charge is 0.365 e. The number of benzene rings is 1. The molecule has 0 saturated heterocycles. The number of fused-ring (bicyclic) bond motifs is 1. The fraction of sp³-hybridized carbons (Fsp3) is 0.409. The van der Waals surface area contributed by atoms with Gasteiger partial charge in [0.05, 0.1) is 24.3 Å². The number of carbonyl (C=O) groups is 2. The summed E-state index contributed by atoms with van der Waals surface area (Å²) in [5.41, 5.74) is 3.29. The van der Waals surface area contributed by atoms with Crippen molar-refractivity contribution in [2.75, 3.05) is 6.54 Å². The number of primary amides is 1. The molecule has 0 unspecified atom stereocenters. The first-order valence-corrected chi connectivity index (χ1v) is 10.7. The number of urea groups is 1. The maximum Gasteiger partial charge on any atom is 0.318 e. The Morgan fingerprint density at radius 1 is 1.30 bits per heavy atom. The van der Waals surface area contributed by atoms with Crippen molar-refractivity contribution in [2.45, 2.75) is 50.5 Å². The maximum absolute atomic E-state index is 14.6. The number of nitrogens with zero attached hydrogens (tertiary/aromatic N) is 3. The van der Waals surface area contributed by atoms with E-state index in [2.05, 4.69) is 17.0 Å². The molecule has 2 aromatic rings. The van der Waals surface area contributed by atoms with E-state index in [-0.39, 0.29) is 30.8 Å². The lowest BCUT2D eigenvalue weighted by atomic mass is 9.63. The van der Waals surface area contributed by atoms with Crippen molar-refractivity contribution in [3.05, 3.63) is 52.7 Å². The molecule has 2 heterocycles. The van der Waals surface area contributed by atoms with Gasteiger partial charge in [-0.1, -0.05) is 30.3 Å². The van der Waals surface area contributed by atoms with Crippen molar-refractivity contribution in [3.63, 3.8) is 0 Å². The summed E-state index contributed by atoms with van der Waals surface area (Å²) in [5, 5.41) is 7.24. The summed E-state index contributed by atoms with van der Waals surface area (Å²) >= 11 is 6.06. The van der Waals surface area contributed by atoms with Crippen molar-refractivity contribution < 1.29 is 22.8 Å². The van der Waals surface area contributed by atoms with E-state index in [0.717, 1.165) is 0 Å². The van der Waals surface area contributed by atoms with Gasteiger partial charge in [-0.3, -0.25) is 9.48 Å². The topological polar surface area (TPSA) is 93.2 Å². The first-order valence-electron chi connectivity index (χ1n) is 10.3. The zero-order valence-corrected chi connectivity index (χ0v) is 18.6. The molecule has 4 rings (SSSR count). The van der Waals surface area contributed by atoms with Crippen LogP contribution in [0.5, 0.6) is 0 Å². The summed E-state index contributed by atoms with van der Waals surface area (Å²) in [4.78, 5) is 26.4. The molecule has 1 fully saturated rings. The number of rotatable bonds is 5. The van der Waals surface area contributed by atoms with E-state index >= 15 is 0 Å². The van der Waals surface area contributed by atoms with Crippen LogP contribution < -0.4 is 11.1 Å². The molecular weight excluding hydrogens is 459 g/mol. The highest BCUT2D eigenvalue weighted by Crippen LogP contribution is 2.51. The second kappa shape index (κ2) is 8.09. The van der Waals surface area contributed by atoms with Crippen LogP contribution >= 0.6 is 11.6 Å². The average molecular weight is 482 g/mol. The highest BCUT2D eigenvalue weighted by Gasteiger charge is 2.62. The summed E-state index contributed by atoms with van der Waals surface area (Å²) in [5.74, 6) is -0.736.